The molecule has 2 heterocycles. The summed E-state index contributed by atoms with van der Waals surface area (Å²) in [7, 11) is -5.38. The van der Waals surface area contributed by atoms with Crippen molar-refractivity contribution in [3.63, 3.8) is 0 Å². The lowest BCUT2D eigenvalue weighted by atomic mass is 10.2. The molecule has 0 bridgehead atoms. The number of benzene rings is 2. The summed E-state index contributed by atoms with van der Waals surface area (Å²) in [5.74, 6) is 0.806. The third-order valence-corrected chi connectivity index (χ3v) is 8.69. The second-order valence-corrected chi connectivity index (χ2v) is 12.3. The van der Waals surface area contributed by atoms with Crippen molar-refractivity contribution in [3.05, 3.63) is 66.4 Å². The Morgan fingerprint density at radius 1 is 0.971 bits per heavy atom. The molecule has 0 atom stereocenters. The van der Waals surface area contributed by atoms with Gasteiger partial charge in [0.25, 0.3) is 0 Å². The first-order valence-corrected chi connectivity index (χ1v) is 13.8. The second kappa shape index (κ2) is 9.29. The van der Waals surface area contributed by atoms with Gasteiger partial charge in [-0.25, -0.2) is 27.0 Å². The van der Waals surface area contributed by atoms with Crippen LogP contribution < -0.4 is 15.8 Å². The lowest BCUT2D eigenvalue weighted by molar-refractivity contribution is 0.586. The summed E-state index contributed by atoms with van der Waals surface area (Å²) in [5.41, 5.74) is 2.64. The number of sulfone groups is 1. The van der Waals surface area contributed by atoms with E-state index in [-0.39, 0.29) is 22.3 Å². The summed E-state index contributed by atoms with van der Waals surface area (Å²) in [4.78, 5) is 9.42. The number of primary sulfonamides is 1. The Morgan fingerprint density at radius 2 is 1.66 bits per heavy atom. The van der Waals surface area contributed by atoms with Gasteiger partial charge in [-0.05, 0) is 55.8 Å². The third kappa shape index (κ3) is 5.14. The minimum Gasteiger partial charge on any atom is -0.364 e. The number of nitrogens with two attached hydrogens (primary N) is 1. The molecule has 0 aliphatic rings. The van der Waals surface area contributed by atoms with E-state index in [4.69, 9.17) is 5.14 Å². The molecule has 0 aliphatic heterocycles. The van der Waals surface area contributed by atoms with E-state index in [1.54, 1.807) is 50.2 Å². The van der Waals surface area contributed by atoms with Gasteiger partial charge in [-0.3, -0.25) is 0 Å². The first kappa shape index (κ1) is 24.6. The van der Waals surface area contributed by atoms with Crippen molar-refractivity contribution >= 4 is 48.3 Å². The van der Waals surface area contributed by atoms with Gasteiger partial charge >= 0.3 is 0 Å². The van der Waals surface area contributed by atoms with Crippen molar-refractivity contribution in [3.8, 4) is 0 Å². The molecule has 0 radical (unpaired) electrons. The van der Waals surface area contributed by atoms with Gasteiger partial charge in [-0.2, -0.15) is 4.98 Å². The van der Waals surface area contributed by atoms with Gasteiger partial charge in [0.2, 0.25) is 16.0 Å². The van der Waals surface area contributed by atoms with Gasteiger partial charge in [-0.1, -0.05) is 18.2 Å². The molecule has 12 heteroatoms. The van der Waals surface area contributed by atoms with Crippen LogP contribution in [0.3, 0.4) is 0 Å². The van der Waals surface area contributed by atoms with Gasteiger partial charge < -0.3 is 15.2 Å². The van der Waals surface area contributed by atoms with Crippen LogP contribution in [0.2, 0.25) is 0 Å². The number of sulfonamides is 1. The molecule has 4 N–H and O–H groups in total. The van der Waals surface area contributed by atoms with E-state index in [1.807, 2.05) is 23.9 Å². The molecule has 184 valence electrons. The van der Waals surface area contributed by atoms with E-state index in [0.29, 0.717) is 22.6 Å². The molecule has 0 unspecified atom stereocenters. The van der Waals surface area contributed by atoms with Crippen molar-refractivity contribution in [2.24, 2.45) is 12.2 Å². The molecule has 0 fully saturated rings. The highest BCUT2D eigenvalue weighted by molar-refractivity contribution is 7.92. The Kier molecular flexibility index (Phi) is 6.54. The number of aryl methyl sites for hydroxylation is 1. The number of hydrogen-bond donors (Lipinski definition) is 3. The van der Waals surface area contributed by atoms with Crippen LogP contribution in [0.5, 0.6) is 0 Å². The van der Waals surface area contributed by atoms with E-state index in [1.165, 1.54) is 12.1 Å². The fourth-order valence-electron chi connectivity index (χ4n) is 3.59. The van der Waals surface area contributed by atoms with Crippen LogP contribution in [-0.2, 0) is 33.5 Å². The third-order valence-electron chi connectivity index (χ3n) is 5.50. The maximum absolute atomic E-state index is 12.8. The lowest BCUT2D eigenvalue weighted by Gasteiger charge is -2.15. The van der Waals surface area contributed by atoms with Gasteiger partial charge in [0.1, 0.15) is 5.52 Å². The zero-order chi connectivity index (χ0) is 25.4. The summed E-state index contributed by atoms with van der Waals surface area (Å²) in [5, 5.41) is 11.0. The van der Waals surface area contributed by atoms with E-state index >= 15 is 0 Å². The Morgan fingerprint density at radius 3 is 2.31 bits per heavy atom. The Balaban J connectivity index is 1.66. The minimum atomic E-state index is -3.79. The standard InChI is InChI=1S/C23H26N6O4S2/c1-15(2)34(30,31)20-7-5-4-6-16(20)14-25-22-21-19(12-13-29(21)3)27-23(28-22)26-17-8-10-18(11-9-17)35(24,32)33/h4-13,15H,14H2,1-3H3,(H2,24,32,33)(H2,25,26,27,28). The number of rotatable bonds is 8. The largest absolute Gasteiger partial charge is 0.364 e. The summed E-state index contributed by atoms with van der Waals surface area (Å²) >= 11 is 0. The maximum Gasteiger partial charge on any atom is 0.238 e. The first-order chi connectivity index (χ1) is 16.5. The Hall–Kier alpha value is -3.48. The smallest absolute Gasteiger partial charge is 0.238 e. The summed E-state index contributed by atoms with van der Waals surface area (Å²) in [6, 6.07) is 14.7. The van der Waals surface area contributed by atoms with Crippen molar-refractivity contribution < 1.29 is 16.8 Å². The van der Waals surface area contributed by atoms with Crippen molar-refractivity contribution in [1.82, 2.24) is 14.5 Å². The van der Waals surface area contributed by atoms with Crippen molar-refractivity contribution in [1.29, 1.82) is 0 Å². The van der Waals surface area contributed by atoms with Gasteiger partial charge in [-0.15, -0.1) is 0 Å². The number of fused-ring (bicyclic) bond motifs is 1. The van der Waals surface area contributed by atoms with Crippen LogP contribution in [-0.4, -0.2) is 36.6 Å². The van der Waals surface area contributed by atoms with Crippen LogP contribution in [0.25, 0.3) is 11.0 Å². The molecular formula is C23H26N6O4S2. The van der Waals surface area contributed by atoms with Crippen molar-refractivity contribution in [2.45, 2.75) is 35.4 Å². The fraction of sp³-hybridized carbons (Fsp3) is 0.217. The molecule has 2 aromatic carbocycles. The average molecular weight is 515 g/mol. The number of hydrogen-bond acceptors (Lipinski definition) is 8. The SMILES string of the molecule is CC(C)S(=O)(=O)c1ccccc1CNc1nc(Nc2ccc(S(N)(=O)=O)cc2)nc2ccn(C)c12. The monoisotopic (exact) mass is 514 g/mol. The number of anilines is 3. The minimum absolute atomic E-state index is 0.000138. The molecule has 0 spiro atoms. The molecule has 4 rings (SSSR count). The molecular weight excluding hydrogens is 488 g/mol. The zero-order valence-corrected chi connectivity index (χ0v) is 21.1. The van der Waals surface area contributed by atoms with Crippen LogP contribution in [0.4, 0.5) is 17.5 Å². The summed E-state index contributed by atoms with van der Waals surface area (Å²) in [6.45, 7) is 3.55. The first-order valence-electron chi connectivity index (χ1n) is 10.8. The maximum atomic E-state index is 12.8. The normalized spacial score (nSPS) is 12.3. The predicted octanol–water partition coefficient (Wildman–Crippen LogP) is 3.15. The molecule has 10 nitrogen and oxygen atoms in total. The van der Waals surface area contributed by atoms with Crippen LogP contribution in [0.1, 0.15) is 19.4 Å². The van der Waals surface area contributed by atoms with E-state index in [9.17, 15) is 16.8 Å². The van der Waals surface area contributed by atoms with E-state index < -0.39 is 25.1 Å². The number of nitrogens with zero attached hydrogens (tertiary/aromatic N) is 3. The zero-order valence-electron chi connectivity index (χ0n) is 19.4. The highest BCUT2D eigenvalue weighted by Gasteiger charge is 2.22. The molecule has 0 amide bonds. The Labute approximate surface area is 204 Å². The summed E-state index contributed by atoms with van der Waals surface area (Å²) < 4.78 is 50.5. The number of aromatic nitrogens is 3. The predicted molar refractivity (Wildman–Crippen MR) is 136 cm³/mol. The molecule has 35 heavy (non-hydrogen) atoms. The molecule has 0 aliphatic carbocycles. The van der Waals surface area contributed by atoms with Crippen molar-refractivity contribution in [2.75, 3.05) is 10.6 Å². The van der Waals surface area contributed by atoms with E-state index in [2.05, 4.69) is 20.6 Å². The topological polar surface area (TPSA) is 149 Å². The molecule has 2 aromatic heterocycles. The van der Waals surface area contributed by atoms with Crippen LogP contribution in [0, 0.1) is 0 Å². The van der Waals surface area contributed by atoms with Gasteiger partial charge in [0, 0.05) is 25.5 Å². The van der Waals surface area contributed by atoms with Crippen LogP contribution >= 0.6 is 0 Å². The molecule has 0 saturated heterocycles. The van der Waals surface area contributed by atoms with Crippen LogP contribution in [0.15, 0.2) is 70.6 Å². The highest BCUT2D eigenvalue weighted by Crippen LogP contribution is 2.27. The fourth-order valence-corrected chi connectivity index (χ4v) is 5.39. The summed E-state index contributed by atoms with van der Waals surface area (Å²) in [6.07, 6.45) is 1.85. The second-order valence-electron chi connectivity index (χ2n) is 8.31. The van der Waals surface area contributed by atoms with Gasteiger partial charge in [0.05, 0.1) is 20.6 Å². The van der Waals surface area contributed by atoms with E-state index in [0.717, 1.165) is 5.52 Å². The molecule has 4 aromatic rings. The quantitative estimate of drug-likeness (QED) is 0.325. The van der Waals surface area contributed by atoms with Gasteiger partial charge in [0.15, 0.2) is 15.7 Å². The highest BCUT2D eigenvalue weighted by atomic mass is 32.2. The Bertz CT molecular complexity index is 1600. The average Bonchev–Trinajstić information content (AvgIpc) is 3.18. The number of nitrogens with one attached hydrogen (secondary N) is 2. The lowest BCUT2D eigenvalue weighted by Crippen LogP contribution is -2.17. The molecule has 0 saturated carbocycles.